The van der Waals surface area contributed by atoms with Crippen molar-refractivity contribution >= 4 is 34.4 Å². The second kappa shape index (κ2) is 6.43. The molecule has 0 aliphatic rings. The molecule has 0 bridgehead atoms. The number of phenolic OH excluding ortho intramolecular Hbond substituents is 1. The van der Waals surface area contributed by atoms with E-state index in [1.807, 2.05) is 43.4 Å². The predicted molar refractivity (Wildman–Crippen MR) is 85.6 cm³/mol. The first kappa shape index (κ1) is 16.7. The molecule has 0 aliphatic heterocycles. The van der Waals surface area contributed by atoms with Gasteiger partial charge < -0.3 is 15.7 Å². The molecule has 0 spiro atoms. The van der Waals surface area contributed by atoms with Crippen LogP contribution >= 0.6 is 22.6 Å². The molecule has 1 unspecified atom stereocenters. The molecule has 0 heterocycles. The van der Waals surface area contributed by atoms with Crippen LogP contribution in [0.5, 0.6) is 5.75 Å². The molecule has 0 aromatic heterocycles. The Morgan fingerprint density at radius 3 is 2.40 bits per heavy atom. The molecule has 1 aromatic carbocycles. The van der Waals surface area contributed by atoms with Crippen molar-refractivity contribution in [3.8, 4) is 5.75 Å². The van der Waals surface area contributed by atoms with Crippen molar-refractivity contribution in [2.75, 3.05) is 0 Å². The maximum Gasteiger partial charge on any atom is 0.252 e. The van der Waals surface area contributed by atoms with Crippen LogP contribution in [0.2, 0.25) is 0 Å². The molecule has 1 rings (SSSR count). The number of aromatic hydroxyl groups is 1. The number of nitrogens with one attached hydrogen (secondary N) is 2. The summed E-state index contributed by atoms with van der Waals surface area (Å²) in [4.78, 5) is 23.9. The normalized spacial score (nSPS) is 12.7. The van der Waals surface area contributed by atoms with Crippen LogP contribution in [-0.4, -0.2) is 28.5 Å². The molecule has 0 fully saturated rings. The summed E-state index contributed by atoms with van der Waals surface area (Å²) in [6, 6.07) is 3.98. The summed E-state index contributed by atoms with van der Waals surface area (Å²) in [6.45, 7) is 7.23. The minimum absolute atomic E-state index is 0.0463. The first-order chi connectivity index (χ1) is 9.10. The van der Waals surface area contributed by atoms with Crippen LogP contribution in [0.25, 0.3) is 0 Å². The van der Waals surface area contributed by atoms with Gasteiger partial charge in [-0.05, 0) is 68.5 Å². The van der Waals surface area contributed by atoms with Gasteiger partial charge in [-0.25, -0.2) is 0 Å². The molecule has 6 heteroatoms. The lowest BCUT2D eigenvalue weighted by atomic mass is 10.1. The number of hydrogen-bond acceptors (Lipinski definition) is 3. The van der Waals surface area contributed by atoms with Gasteiger partial charge in [0.05, 0.1) is 3.57 Å². The van der Waals surface area contributed by atoms with Crippen molar-refractivity contribution in [1.29, 1.82) is 0 Å². The molecule has 0 radical (unpaired) electrons. The Kier molecular flexibility index (Phi) is 5.38. The number of carbonyl (C=O) groups excluding carboxylic acids is 2. The van der Waals surface area contributed by atoms with Crippen molar-refractivity contribution in [1.82, 2.24) is 10.6 Å². The van der Waals surface area contributed by atoms with Gasteiger partial charge in [0.1, 0.15) is 11.8 Å². The van der Waals surface area contributed by atoms with Gasteiger partial charge in [-0.1, -0.05) is 0 Å². The van der Waals surface area contributed by atoms with E-state index in [0.717, 1.165) is 0 Å². The van der Waals surface area contributed by atoms with Gasteiger partial charge in [-0.2, -0.15) is 0 Å². The van der Waals surface area contributed by atoms with E-state index in [1.54, 1.807) is 19.1 Å². The summed E-state index contributed by atoms with van der Waals surface area (Å²) in [5.74, 6) is -0.598. The van der Waals surface area contributed by atoms with Gasteiger partial charge in [0.25, 0.3) is 5.91 Å². The fourth-order valence-electron chi connectivity index (χ4n) is 1.48. The first-order valence-electron chi connectivity index (χ1n) is 6.21. The average Bonchev–Trinajstić information content (AvgIpc) is 2.30. The fourth-order valence-corrected chi connectivity index (χ4v) is 1.81. The Balaban J connectivity index is 2.70. The SMILES string of the molecule is CC(NC(=O)c1ccc(I)c(O)c1)C(=O)NC(C)(C)C. The standard InChI is InChI=1S/C14H19IN2O3/c1-8(12(19)17-14(2,3)4)16-13(20)9-5-6-10(15)11(18)7-9/h5-8,18H,1-4H3,(H,16,20)(H,17,19). The fraction of sp³-hybridized carbons (Fsp3) is 0.429. The highest BCUT2D eigenvalue weighted by molar-refractivity contribution is 14.1. The minimum Gasteiger partial charge on any atom is -0.507 e. The lowest BCUT2D eigenvalue weighted by Gasteiger charge is -2.23. The quantitative estimate of drug-likeness (QED) is 0.692. The number of rotatable bonds is 3. The van der Waals surface area contributed by atoms with Crippen molar-refractivity contribution < 1.29 is 14.7 Å². The lowest BCUT2D eigenvalue weighted by molar-refractivity contribution is -0.124. The summed E-state index contributed by atoms with van der Waals surface area (Å²) in [5, 5.41) is 15.0. The smallest absolute Gasteiger partial charge is 0.252 e. The second-order valence-corrected chi connectivity index (χ2v) is 6.76. The van der Waals surface area contributed by atoms with E-state index in [4.69, 9.17) is 0 Å². The molecule has 20 heavy (non-hydrogen) atoms. The summed E-state index contributed by atoms with van der Waals surface area (Å²) in [6.07, 6.45) is 0. The van der Waals surface area contributed by atoms with Crippen LogP contribution in [0.1, 0.15) is 38.1 Å². The molecule has 1 atom stereocenters. The van der Waals surface area contributed by atoms with Crippen LogP contribution in [0.3, 0.4) is 0 Å². The van der Waals surface area contributed by atoms with Crippen LogP contribution in [0, 0.1) is 3.57 Å². The molecule has 110 valence electrons. The Labute approximate surface area is 132 Å². The van der Waals surface area contributed by atoms with Crippen LogP contribution in [0.4, 0.5) is 0 Å². The Bertz CT molecular complexity index is 524. The topological polar surface area (TPSA) is 78.4 Å². The maximum absolute atomic E-state index is 12.0. The van der Waals surface area contributed by atoms with Crippen molar-refractivity contribution in [3.05, 3.63) is 27.3 Å². The van der Waals surface area contributed by atoms with Crippen molar-refractivity contribution in [2.24, 2.45) is 0 Å². The molecule has 2 amide bonds. The lowest BCUT2D eigenvalue weighted by Crippen LogP contribution is -2.50. The molecular formula is C14H19IN2O3. The molecule has 0 saturated heterocycles. The zero-order valence-corrected chi connectivity index (χ0v) is 14.1. The molecule has 5 nitrogen and oxygen atoms in total. The highest BCUT2D eigenvalue weighted by Gasteiger charge is 2.21. The summed E-state index contributed by atoms with van der Waals surface area (Å²) < 4.78 is 0.665. The van der Waals surface area contributed by atoms with Gasteiger partial charge in [0.15, 0.2) is 0 Å². The highest BCUT2D eigenvalue weighted by Crippen LogP contribution is 2.20. The van der Waals surface area contributed by atoms with Crippen LogP contribution in [-0.2, 0) is 4.79 Å². The molecular weight excluding hydrogens is 371 g/mol. The van der Waals surface area contributed by atoms with E-state index in [-0.39, 0.29) is 17.2 Å². The van der Waals surface area contributed by atoms with Crippen molar-refractivity contribution in [2.45, 2.75) is 39.3 Å². The monoisotopic (exact) mass is 390 g/mol. The number of benzene rings is 1. The highest BCUT2D eigenvalue weighted by atomic mass is 127. The molecule has 1 aromatic rings. The zero-order valence-electron chi connectivity index (χ0n) is 12.0. The van der Waals surface area contributed by atoms with Gasteiger partial charge >= 0.3 is 0 Å². The van der Waals surface area contributed by atoms with E-state index in [9.17, 15) is 14.7 Å². The van der Waals surface area contributed by atoms with Gasteiger partial charge in [0, 0.05) is 11.1 Å². The average molecular weight is 390 g/mol. The van der Waals surface area contributed by atoms with E-state index in [0.29, 0.717) is 9.13 Å². The largest absolute Gasteiger partial charge is 0.507 e. The van der Waals surface area contributed by atoms with Crippen LogP contribution in [0.15, 0.2) is 18.2 Å². The molecule has 0 saturated carbocycles. The van der Waals surface area contributed by atoms with E-state index in [1.165, 1.54) is 6.07 Å². The third-order valence-electron chi connectivity index (χ3n) is 2.45. The van der Waals surface area contributed by atoms with Crippen LogP contribution < -0.4 is 10.6 Å². The van der Waals surface area contributed by atoms with E-state index >= 15 is 0 Å². The summed E-state index contributed by atoms with van der Waals surface area (Å²) in [7, 11) is 0. The van der Waals surface area contributed by atoms with E-state index < -0.39 is 11.9 Å². The number of amides is 2. The van der Waals surface area contributed by atoms with Gasteiger partial charge in [-0.15, -0.1) is 0 Å². The Morgan fingerprint density at radius 1 is 1.30 bits per heavy atom. The van der Waals surface area contributed by atoms with Crippen molar-refractivity contribution in [3.63, 3.8) is 0 Å². The molecule has 0 aliphatic carbocycles. The third kappa shape index (κ3) is 4.99. The zero-order chi connectivity index (χ0) is 15.5. The predicted octanol–water partition coefficient (Wildman–Crippen LogP) is 2.03. The third-order valence-corrected chi connectivity index (χ3v) is 3.36. The number of halogens is 1. The molecule has 3 N–H and O–H groups in total. The minimum atomic E-state index is -0.650. The second-order valence-electron chi connectivity index (χ2n) is 5.60. The Hall–Kier alpha value is -1.31. The summed E-state index contributed by atoms with van der Waals surface area (Å²) in [5.41, 5.74) is -0.0321. The maximum atomic E-state index is 12.0. The van der Waals surface area contributed by atoms with Gasteiger partial charge in [0.2, 0.25) is 5.91 Å². The van der Waals surface area contributed by atoms with Gasteiger partial charge in [-0.3, -0.25) is 9.59 Å². The number of hydrogen-bond donors (Lipinski definition) is 3. The first-order valence-corrected chi connectivity index (χ1v) is 7.29. The number of phenols is 1. The summed E-state index contributed by atoms with van der Waals surface area (Å²) >= 11 is 1.97. The van der Waals surface area contributed by atoms with E-state index in [2.05, 4.69) is 10.6 Å². The Morgan fingerprint density at radius 2 is 1.90 bits per heavy atom. The number of carbonyl (C=O) groups is 2.